The van der Waals surface area contributed by atoms with Gasteiger partial charge in [0.15, 0.2) is 0 Å². The molecule has 0 bridgehead atoms. The van der Waals surface area contributed by atoms with Gasteiger partial charge in [-0.1, -0.05) is 5.16 Å². The van der Waals surface area contributed by atoms with Crippen molar-refractivity contribution in [3.63, 3.8) is 0 Å². The summed E-state index contributed by atoms with van der Waals surface area (Å²) in [6.45, 7) is 2.44. The van der Waals surface area contributed by atoms with Crippen LogP contribution in [-0.4, -0.2) is 37.1 Å². The van der Waals surface area contributed by atoms with Crippen LogP contribution in [0.5, 0.6) is 0 Å². The van der Waals surface area contributed by atoms with Crippen molar-refractivity contribution in [3.05, 3.63) is 41.3 Å². The van der Waals surface area contributed by atoms with Crippen molar-refractivity contribution in [1.29, 1.82) is 0 Å². The van der Waals surface area contributed by atoms with Crippen molar-refractivity contribution < 1.29 is 9.32 Å². The van der Waals surface area contributed by atoms with E-state index < -0.39 is 0 Å². The van der Waals surface area contributed by atoms with Gasteiger partial charge in [-0.3, -0.25) is 4.79 Å². The van der Waals surface area contributed by atoms with Gasteiger partial charge in [-0.25, -0.2) is 0 Å². The molecule has 2 aromatic rings. The van der Waals surface area contributed by atoms with E-state index in [0.29, 0.717) is 17.8 Å². The standard InChI is InChI=1S/C15H20N4O2/c1-10-7-12(17-21-10)9-19(4)14-6-5-11(8-13(14)16)15(20)18(2)3/h5-8H,9,16H2,1-4H3. The van der Waals surface area contributed by atoms with E-state index >= 15 is 0 Å². The van der Waals surface area contributed by atoms with E-state index in [0.717, 1.165) is 17.1 Å². The third-order valence-corrected chi connectivity index (χ3v) is 3.17. The minimum absolute atomic E-state index is 0.0666. The number of nitrogens with two attached hydrogens (primary N) is 1. The Labute approximate surface area is 124 Å². The lowest BCUT2D eigenvalue weighted by atomic mass is 10.1. The van der Waals surface area contributed by atoms with Crippen LogP contribution in [0, 0.1) is 6.92 Å². The topological polar surface area (TPSA) is 75.6 Å². The molecule has 21 heavy (non-hydrogen) atoms. The molecule has 0 spiro atoms. The highest BCUT2D eigenvalue weighted by Gasteiger charge is 2.13. The van der Waals surface area contributed by atoms with Gasteiger partial charge >= 0.3 is 0 Å². The predicted octanol–water partition coefficient (Wildman–Crippen LogP) is 1.90. The molecule has 2 N–H and O–H groups in total. The van der Waals surface area contributed by atoms with Crippen molar-refractivity contribution in [1.82, 2.24) is 10.1 Å². The van der Waals surface area contributed by atoms with E-state index in [1.165, 1.54) is 4.90 Å². The fourth-order valence-corrected chi connectivity index (χ4v) is 2.11. The second-order valence-electron chi connectivity index (χ2n) is 5.26. The largest absolute Gasteiger partial charge is 0.397 e. The molecule has 6 heteroatoms. The van der Waals surface area contributed by atoms with E-state index in [2.05, 4.69) is 5.16 Å². The highest BCUT2D eigenvalue weighted by Crippen LogP contribution is 2.25. The Kier molecular flexibility index (Phi) is 4.16. The Morgan fingerprint density at radius 1 is 1.29 bits per heavy atom. The number of anilines is 2. The molecule has 0 saturated heterocycles. The number of aromatic nitrogens is 1. The van der Waals surface area contributed by atoms with Crippen molar-refractivity contribution >= 4 is 17.3 Å². The van der Waals surface area contributed by atoms with Gasteiger partial charge in [0, 0.05) is 32.8 Å². The first kappa shape index (κ1) is 14.9. The summed E-state index contributed by atoms with van der Waals surface area (Å²) < 4.78 is 5.05. The van der Waals surface area contributed by atoms with Crippen LogP contribution >= 0.6 is 0 Å². The predicted molar refractivity (Wildman–Crippen MR) is 82.2 cm³/mol. The first-order valence-corrected chi connectivity index (χ1v) is 6.63. The van der Waals surface area contributed by atoms with Crippen LogP contribution in [0.15, 0.2) is 28.8 Å². The highest BCUT2D eigenvalue weighted by molar-refractivity contribution is 5.95. The highest BCUT2D eigenvalue weighted by atomic mass is 16.5. The molecule has 0 aliphatic heterocycles. The first-order valence-electron chi connectivity index (χ1n) is 6.63. The zero-order valence-electron chi connectivity index (χ0n) is 12.8. The van der Waals surface area contributed by atoms with E-state index in [4.69, 9.17) is 10.3 Å². The van der Waals surface area contributed by atoms with Crippen LogP contribution in [0.4, 0.5) is 11.4 Å². The second kappa shape index (κ2) is 5.87. The number of carbonyl (C=O) groups excluding carboxylic acids is 1. The Morgan fingerprint density at radius 2 is 2.00 bits per heavy atom. The summed E-state index contributed by atoms with van der Waals surface area (Å²) in [5.74, 6) is 0.710. The fraction of sp³-hybridized carbons (Fsp3) is 0.333. The molecule has 1 heterocycles. The Hall–Kier alpha value is -2.50. The second-order valence-corrected chi connectivity index (χ2v) is 5.26. The molecule has 2 rings (SSSR count). The number of rotatable bonds is 4. The number of hydrogen-bond donors (Lipinski definition) is 1. The summed E-state index contributed by atoms with van der Waals surface area (Å²) in [5, 5.41) is 3.96. The Morgan fingerprint density at radius 3 is 2.52 bits per heavy atom. The van der Waals surface area contributed by atoms with Crippen LogP contribution in [-0.2, 0) is 6.54 Å². The average molecular weight is 288 g/mol. The third kappa shape index (κ3) is 3.34. The maximum absolute atomic E-state index is 11.9. The summed E-state index contributed by atoms with van der Waals surface area (Å²) in [7, 11) is 5.35. The molecule has 0 atom stereocenters. The molecule has 6 nitrogen and oxygen atoms in total. The zero-order chi connectivity index (χ0) is 15.6. The van der Waals surface area contributed by atoms with Gasteiger partial charge in [0.25, 0.3) is 5.91 Å². The summed E-state index contributed by atoms with van der Waals surface area (Å²) in [5.41, 5.74) is 8.89. The molecule has 1 aromatic heterocycles. The van der Waals surface area contributed by atoms with Crippen LogP contribution in [0.3, 0.4) is 0 Å². The number of nitrogens with zero attached hydrogens (tertiary/aromatic N) is 3. The molecule has 0 fully saturated rings. The number of amides is 1. The number of benzene rings is 1. The quantitative estimate of drug-likeness (QED) is 0.870. The van der Waals surface area contributed by atoms with Gasteiger partial charge < -0.3 is 20.1 Å². The molecule has 0 radical (unpaired) electrons. The molecule has 1 amide bonds. The minimum atomic E-state index is -0.0666. The van der Waals surface area contributed by atoms with Gasteiger partial charge in [0.2, 0.25) is 0 Å². The van der Waals surface area contributed by atoms with Crippen LogP contribution in [0.1, 0.15) is 21.8 Å². The van der Waals surface area contributed by atoms with Crippen LogP contribution in [0.25, 0.3) is 0 Å². The molecular formula is C15H20N4O2. The number of aryl methyl sites for hydroxylation is 1. The lowest BCUT2D eigenvalue weighted by Crippen LogP contribution is -2.22. The number of nitrogen functional groups attached to an aromatic ring is 1. The summed E-state index contributed by atoms with van der Waals surface area (Å²) in [6.07, 6.45) is 0. The SMILES string of the molecule is Cc1cc(CN(C)c2ccc(C(=O)N(C)C)cc2N)no1. The van der Waals surface area contributed by atoms with Gasteiger partial charge in [-0.05, 0) is 25.1 Å². The maximum Gasteiger partial charge on any atom is 0.253 e. The molecule has 0 saturated carbocycles. The lowest BCUT2D eigenvalue weighted by Gasteiger charge is -2.20. The summed E-state index contributed by atoms with van der Waals surface area (Å²) >= 11 is 0. The average Bonchev–Trinajstić information content (AvgIpc) is 2.82. The number of carbonyl (C=O) groups is 1. The Balaban J connectivity index is 2.18. The fourth-order valence-electron chi connectivity index (χ4n) is 2.11. The molecular weight excluding hydrogens is 268 g/mol. The van der Waals surface area contributed by atoms with Crippen molar-refractivity contribution in [2.45, 2.75) is 13.5 Å². The van der Waals surface area contributed by atoms with Crippen LogP contribution in [0.2, 0.25) is 0 Å². The van der Waals surface area contributed by atoms with Crippen molar-refractivity contribution in [2.24, 2.45) is 0 Å². The third-order valence-electron chi connectivity index (χ3n) is 3.17. The van der Waals surface area contributed by atoms with E-state index in [-0.39, 0.29) is 5.91 Å². The molecule has 112 valence electrons. The number of hydrogen-bond acceptors (Lipinski definition) is 5. The van der Waals surface area contributed by atoms with E-state index in [1.807, 2.05) is 31.0 Å². The monoisotopic (exact) mass is 288 g/mol. The van der Waals surface area contributed by atoms with Gasteiger partial charge in [-0.15, -0.1) is 0 Å². The molecule has 1 aromatic carbocycles. The van der Waals surface area contributed by atoms with Gasteiger partial charge in [-0.2, -0.15) is 0 Å². The molecule has 0 aliphatic carbocycles. The zero-order valence-corrected chi connectivity index (χ0v) is 12.8. The summed E-state index contributed by atoms with van der Waals surface area (Å²) in [4.78, 5) is 15.4. The normalized spacial score (nSPS) is 10.5. The van der Waals surface area contributed by atoms with Crippen molar-refractivity contribution in [2.75, 3.05) is 31.8 Å². The molecule has 0 aliphatic rings. The van der Waals surface area contributed by atoms with E-state index in [1.54, 1.807) is 26.2 Å². The molecule has 0 unspecified atom stereocenters. The Bertz CT molecular complexity index is 649. The van der Waals surface area contributed by atoms with Gasteiger partial charge in [0.1, 0.15) is 11.5 Å². The smallest absolute Gasteiger partial charge is 0.253 e. The van der Waals surface area contributed by atoms with Crippen LogP contribution < -0.4 is 10.6 Å². The van der Waals surface area contributed by atoms with Gasteiger partial charge in [0.05, 0.1) is 17.9 Å². The summed E-state index contributed by atoms with van der Waals surface area (Å²) in [6, 6.07) is 7.20. The first-order chi connectivity index (χ1) is 9.88. The maximum atomic E-state index is 11.9. The van der Waals surface area contributed by atoms with E-state index in [9.17, 15) is 4.79 Å². The minimum Gasteiger partial charge on any atom is -0.397 e. The van der Waals surface area contributed by atoms with Crippen molar-refractivity contribution in [3.8, 4) is 0 Å². The lowest BCUT2D eigenvalue weighted by molar-refractivity contribution is 0.0827.